The minimum atomic E-state index is 0.344. The Bertz CT molecular complexity index is 180. The van der Waals surface area contributed by atoms with Crippen LogP contribution in [0, 0.1) is 28.6 Å². The van der Waals surface area contributed by atoms with Crippen molar-refractivity contribution in [1.29, 1.82) is 5.26 Å². The van der Waals surface area contributed by atoms with Crippen LogP contribution in [0.15, 0.2) is 0 Å². The van der Waals surface area contributed by atoms with Gasteiger partial charge in [0.15, 0.2) is 0 Å². The van der Waals surface area contributed by atoms with Crippen molar-refractivity contribution in [3.05, 3.63) is 0 Å². The molecule has 1 saturated carbocycles. The van der Waals surface area contributed by atoms with Crippen molar-refractivity contribution >= 4 is 0 Å². The van der Waals surface area contributed by atoms with Crippen LogP contribution in [0.5, 0.6) is 0 Å². The number of hydrogen-bond acceptors (Lipinski definition) is 1. The Morgan fingerprint density at radius 1 is 1.33 bits per heavy atom. The van der Waals surface area contributed by atoms with Crippen LogP contribution in [0.25, 0.3) is 0 Å². The van der Waals surface area contributed by atoms with Crippen LogP contribution >= 0.6 is 0 Å². The van der Waals surface area contributed by atoms with Gasteiger partial charge in [-0.05, 0) is 37.0 Å². The van der Waals surface area contributed by atoms with Crippen molar-refractivity contribution < 1.29 is 0 Å². The van der Waals surface area contributed by atoms with Crippen LogP contribution in [-0.2, 0) is 0 Å². The molecule has 0 saturated heterocycles. The van der Waals surface area contributed by atoms with E-state index in [1.807, 2.05) is 0 Å². The molecule has 0 aliphatic heterocycles. The topological polar surface area (TPSA) is 23.8 Å². The van der Waals surface area contributed by atoms with Gasteiger partial charge in [0.1, 0.15) is 0 Å². The standard InChI is InChI=1S/C11H19N/c1-9(2)11(3)6-4-10(8-12)5-7-11/h9-10H,4-7H2,1-3H3/t10-,11-. The fraction of sp³-hybridized carbons (Fsp3) is 0.909. The predicted molar refractivity (Wildman–Crippen MR) is 50.5 cm³/mol. The fourth-order valence-corrected chi connectivity index (χ4v) is 1.98. The largest absolute Gasteiger partial charge is 0.198 e. The third kappa shape index (κ3) is 1.80. The Balaban J connectivity index is 2.51. The Morgan fingerprint density at radius 2 is 1.83 bits per heavy atom. The SMILES string of the molecule is CC(C)[C@]1(C)CC[C@@H](C#N)CC1. The summed E-state index contributed by atoms with van der Waals surface area (Å²) >= 11 is 0. The smallest absolute Gasteiger partial charge is 0.0655 e. The highest BCUT2D eigenvalue weighted by Gasteiger charge is 2.33. The first-order chi connectivity index (χ1) is 5.58. The second-order valence-corrected chi connectivity index (χ2v) is 4.71. The van der Waals surface area contributed by atoms with E-state index >= 15 is 0 Å². The Hall–Kier alpha value is -0.510. The van der Waals surface area contributed by atoms with E-state index in [4.69, 9.17) is 5.26 Å². The minimum Gasteiger partial charge on any atom is -0.198 e. The van der Waals surface area contributed by atoms with Crippen LogP contribution in [0.1, 0.15) is 46.5 Å². The van der Waals surface area contributed by atoms with Crippen molar-refractivity contribution in [2.24, 2.45) is 17.3 Å². The van der Waals surface area contributed by atoms with Gasteiger partial charge in [0, 0.05) is 5.92 Å². The zero-order valence-corrected chi connectivity index (χ0v) is 8.43. The molecule has 68 valence electrons. The molecule has 1 aliphatic carbocycles. The van der Waals surface area contributed by atoms with Gasteiger partial charge in [-0.3, -0.25) is 0 Å². The summed E-state index contributed by atoms with van der Waals surface area (Å²) in [4.78, 5) is 0. The maximum absolute atomic E-state index is 8.75. The molecule has 0 atom stereocenters. The lowest BCUT2D eigenvalue weighted by Gasteiger charge is -2.38. The molecule has 0 aromatic rings. The van der Waals surface area contributed by atoms with Gasteiger partial charge in [-0.25, -0.2) is 0 Å². The normalized spacial score (nSPS) is 36.4. The summed E-state index contributed by atoms with van der Waals surface area (Å²) in [7, 11) is 0. The number of hydrogen-bond donors (Lipinski definition) is 0. The first-order valence-electron chi connectivity index (χ1n) is 4.98. The second kappa shape index (κ2) is 3.47. The molecule has 0 heterocycles. The van der Waals surface area contributed by atoms with Gasteiger partial charge in [-0.2, -0.15) is 5.26 Å². The van der Waals surface area contributed by atoms with Crippen molar-refractivity contribution in [2.45, 2.75) is 46.5 Å². The number of nitriles is 1. The van der Waals surface area contributed by atoms with E-state index in [-0.39, 0.29) is 0 Å². The average Bonchev–Trinajstić information content (AvgIpc) is 2.06. The molecule has 0 aromatic carbocycles. The van der Waals surface area contributed by atoms with Crippen molar-refractivity contribution in [1.82, 2.24) is 0 Å². The maximum Gasteiger partial charge on any atom is 0.0655 e. The average molecular weight is 165 g/mol. The molecule has 0 spiro atoms. The third-order valence-electron chi connectivity index (χ3n) is 3.70. The monoisotopic (exact) mass is 165 g/mol. The predicted octanol–water partition coefficient (Wildman–Crippen LogP) is 3.36. The molecule has 0 N–H and O–H groups in total. The molecule has 0 radical (unpaired) electrons. The van der Waals surface area contributed by atoms with Crippen LogP contribution < -0.4 is 0 Å². The van der Waals surface area contributed by atoms with Crippen LogP contribution in [-0.4, -0.2) is 0 Å². The number of nitrogens with zero attached hydrogens (tertiary/aromatic N) is 1. The summed E-state index contributed by atoms with van der Waals surface area (Å²) in [6, 6.07) is 2.38. The first-order valence-corrected chi connectivity index (χ1v) is 4.98. The van der Waals surface area contributed by atoms with Crippen LogP contribution in [0.2, 0.25) is 0 Å². The quantitative estimate of drug-likeness (QED) is 0.584. The molecule has 0 amide bonds. The highest BCUT2D eigenvalue weighted by atomic mass is 14.4. The van der Waals surface area contributed by atoms with E-state index in [1.165, 1.54) is 12.8 Å². The lowest BCUT2D eigenvalue weighted by Crippen LogP contribution is -2.28. The molecule has 0 aromatic heterocycles. The van der Waals surface area contributed by atoms with Crippen LogP contribution in [0.4, 0.5) is 0 Å². The molecular formula is C11H19N. The highest BCUT2D eigenvalue weighted by Crippen LogP contribution is 2.43. The summed E-state index contributed by atoms with van der Waals surface area (Å²) in [5.41, 5.74) is 0.507. The Labute approximate surface area is 75.8 Å². The molecule has 1 heteroatoms. The number of rotatable bonds is 1. The van der Waals surface area contributed by atoms with Gasteiger partial charge in [-0.15, -0.1) is 0 Å². The van der Waals surface area contributed by atoms with E-state index < -0.39 is 0 Å². The molecule has 1 fully saturated rings. The lowest BCUT2D eigenvalue weighted by molar-refractivity contribution is 0.126. The molecule has 1 nitrogen and oxygen atoms in total. The second-order valence-electron chi connectivity index (χ2n) is 4.71. The maximum atomic E-state index is 8.75. The van der Waals surface area contributed by atoms with Gasteiger partial charge in [-0.1, -0.05) is 20.8 Å². The van der Waals surface area contributed by atoms with Crippen molar-refractivity contribution in [2.75, 3.05) is 0 Å². The van der Waals surface area contributed by atoms with E-state index in [1.54, 1.807) is 0 Å². The summed E-state index contributed by atoms with van der Waals surface area (Å²) in [5.74, 6) is 1.11. The highest BCUT2D eigenvalue weighted by molar-refractivity contribution is 4.92. The molecule has 1 rings (SSSR count). The van der Waals surface area contributed by atoms with Gasteiger partial charge in [0.25, 0.3) is 0 Å². The fourth-order valence-electron chi connectivity index (χ4n) is 1.98. The first kappa shape index (κ1) is 9.58. The van der Waals surface area contributed by atoms with Crippen molar-refractivity contribution in [3.63, 3.8) is 0 Å². The van der Waals surface area contributed by atoms with E-state index in [0.29, 0.717) is 11.3 Å². The zero-order chi connectivity index (χ0) is 9.19. The van der Waals surface area contributed by atoms with E-state index in [2.05, 4.69) is 26.8 Å². The summed E-state index contributed by atoms with van der Waals surface area (Å²) in [6.45, 7) is 6.96. The third-order valence-corrected chi connectivity index (χ3v) is 3.70. The minimum absolute atomic E-state index is 0.344. The summed E-state index contributed by atoms with van der Waals surface area (Å²) in [5, 5.41) is 8.75. The van der Waals surface area contributed by atoms with Gasteiger partial charge >= 0.3 is 0 Å². The molecule has 12 heavy (non-hydrogen) atoms. The van der Waals surface area contributed by atoms with E-state index in [0.717, 1.165) is 18.8 Å². The van der Waals surface area contributed by atoms with Gasteiger partial charge in [0.2, 0.25) is 0 Å². The molecular weight excluding hydrogens is 146 g/mol. The zero-order valence-electron chi connectivity index (χ0n) is 8.43. The van der Waals surface area contributed by atoms with Crippen LogP contribution in [0.3, 0.4) is 0 Å². The van der Waals surface area contributed by atoms with Gasteiger partial charge in [0.05, 0.1) is 6.07 Å². The summed E-state index contributed by atoms with van der Waals surface area (Å²) in [6.07, 6.45) is 4.71. The summed E-state index contributed by atoms with van der Waals surface area (Å²) < 4.78 is 0. The Morgan fingerprint density at radius 3 is 2.17 bits per heavy atom. The molecule has 0 bridgehead atoms. The molecule has 0 unspecified atom stereocenters. The molecule has 1 aliphatic rings. The van der Waals surface area contributed by atoms with E-state index in [9.17, 15) is 0 Å². The van der Waals surface area contributed by atoms with Gasteiger partial charge < -0.3 is 0 Å². The Kier molecular flexibility index (Phi) is 2.77. The van der Waals surface area contributed by atoms with Crippen molar-refractivity contribution in [3.8, 4) is 6.07 Å². The lowest BCUT2D eigenvalue weighted by atomic mass is 9.66.